The van der Waals surface area contributed by atoms with Crippen molar-refractivity contribution in [3.8, 4) is 0 Å². The van der Waals surface area contributed by atoms with Gasteiger partial charge in [-0.3, -0.25) is 4.79 Å². The van der Waals surface area contributed by atoms with Crippen LogP contribution in [0.25, 0.3) is 0 Å². The molecule has 3 rings (SSSR count). The van der Waals surface area contributed by atoms with E-state index in [2.05, 4.69) is 21.2 Å². The highest BCUT2D eigenvalue weighted by Gasteiger charge is 2.37. The summed E-state index contributed by atoms with van der Waals surface area (Å²) in [5.41, 5.74) is 2.00. The predicted molar refractivity (Wildman–Crippen MR) is 117 cm³/mol. The summed E-state index contributed by atoms with van der Waals surface area (Å²) in [5, 5.41) is 2.90. The minimum Gasteiger partial charge on any atom is -0.355 e. The SMILES string of the molecule is CN(C)CCNC(=O)C[C@@H]1c2ccccc2CCN1S(=O)(=O)c1ccc(Br)cc1. The Bertz CT molecular complexity index is 961. The molecule has 1 amide bonds. The molecule has 0 radical (unpaired) electrons. The topological polar surface area (TPSA) is 69.7 Å². The lowest BCUT2D eigenvalue weighted by molar-refractivity contribution is -0.122. The first-order valence-electron chi connectivity index (χ1n) is 9.55. The van der Waals surface area contributed by atoms with Crippen molar-refractivity contribution in [3.05, 3.63) is 64.1 Å². The van der Waals surface area contributed by atoms with Crippen LogP contribution in [0.3, 0.4) is 0 Å². The zero-order valence-corrected chi connectivity index (χ0v) is 19.0. The lowest BCUT2D eigenvalue weighted by Gasteiger charge is -2.36. The number of nitrogens with one attached hydrogen (secondary N) is 1. The number of fused-ring (bicyclic) bond motifs is 1. The summed E-state index contributed by atoms with van der Waals surface area (Å²) in [7, 11) is 0.155. The molecule has 29 heavy (non-hydrogen) atoms. The quantitative estimate of drug-likeness (QED) is 0.662. The highest BCUT2D eigenvalue weighted by molar-refractivity contribution is 9.10. The number of halogens is 1. The van der Waals surface area contributed by atoms with Gasteiger partial charge in [-0.05, 0) is 55.9 Å². The summed E-state index contributed by atoms with van der Waals surface area (Å²) in [4.78, 5) is 14.8. The molecule has 0 unspecified atom stereocenters. The lowest BCUT2D eigenvalue weighted by Crippen LogP contribution is -2.42. The van der Waals surface area contributed by atoms with Gasteiger partial charge in [0.05, 0.1) is 10.9 Å². The predicted octanol–water partition coefficient (Wildman–Crippen LogP) is 2.81. The molecule has 6 nitrogen and oxygen atoms in total. The van der Waals surface area contributed by atoms with Crippen molar-refractivity contribution < 1.29 is 13.2 Å². The molecule has 1 aliphatic heterocycles. The van der Waals surface area contributed by atoms with Gasteiger partial charge in [-0.1, -0.05) is 40.2 Å². The third-order valence-corrected chi connectivity index (χ3v) is 7.49. The number of benzene rings is 2. The van der Waals surface area contributed by atoms with Gasteiger partial charge in [-0.15, -0.1) is 0 Å². The zero-order chi connectivity index (χ0) is 21.0. The fourth-order valence-electron chi connectivity index (χ4n) is 3.54. The summed E-state index contributed by atoms with van der Waals surface area (Å²) in [6.07, 6.45) is 0.727. The summed E-state index contributed by atoms with van der Waals surface area (Å²) in [6.45, 7) is 1.61. The van der Waals surface area contributed by atoms with Crippen molar-refractivity contribution in [1.29, 1.82) is 0 Å². The van der Waals surface area contributed by atoms with Gasteiger partial charge in [0.15, 0.2) is 0 Å². The molecule has 0 saturated carbocycles. The van der Waals surface area contributed by atoms with Crippen molar-refractivity contribution in [2.24, 2.45) is 0 Å². The molecule has 0 saturated heterocycles. The molecule has 1 aliphatic rings. The molecule has 1 N–H and O–H groups in total. The monoisotopic (exact) mass is 479 g/mol. The number of hydrogen-bond acceptors (Lipinski definition) is 4. The Morgan fingerprint density at radius 2 is 1.86 bits per heavy atom. The van der Waals surface area contributed by atoms with E-state index >= 15 is 0 Å². The van der Waals surface area contributed by atoms with E-state index in [9.17, 15) is 13.2 Å². The normalized spacial score (nSPS) is 17.2. The van der Waals surface area contributed by atoms with E-state index in [1.165, 1.54) is 4.31 Å². The second-order valence-corrected chi connectivity index (χ2v) is 10.2. The van der Waals surface area contributed by atoms with Crippen LogP contribution in [0, 0.1) is 0 Å². The molecule has 0 bridgehead atoms. The standard InChI is InChI=1S/C21H26BrN3O3S/c1-24(2)14-12-23-21(26)15-20-19-6-4-3-5-16(19)11-13-25(20)29(27,28)18-9-7-17(22)8-10-18/h3-10,20H,11-15H2,1-2H3,(H,23,26)/t20-/m1/s1. The van der Waals surface area contributed by atoms with Gasteiger partial charge in [-0.25, -0.2) is 8.42 Å². The molecule has 1 atom stereocenters. The Hall–Kier alpha value is -1.74. The first-order valence-corrected chi connectivity index (χ1v) is 11.8. The maximum Gasteiger partial charge on any atom is 0.243 e. The van der Waals surface area contributed by atoms with E-state index in [1.54, 1.807) is 24.3 Å². The molecule has 8 heteroatoms. The molecule has 0 spiro atoms. The summed E-state index contributed by atoms with van der Waals surface area (Å²) < 4.78 is 29.0. The van der Waals surface area contributed by atoms with Crippen LogP contribution in [0.4, 0.5) is 0 Å². The maximum atomic E-state index is 13.4. The van der Waals surface area contributed by atoms with E-state index in [1.807, 2.05) is 43.3 Å². The molecular weight excluding hydrogens is 454 g/mol. The van der Waals surface area contributed by atoms with E-state index < -0.39 is 16.1 Å². The van der Waals surface area contributed by atoms with Gasteiger partial charge in [0.1, 0.15) is 0 Å². The summed E-state index contributed by atoms with van der Waals surface area (Å²) in [5.74, 6) is -0.149. The molecule has 0 fully saturated rings. The minimum absolute atomic E-state index is 0.0974. The second-order valence-electron chi connectivity index (χ2n) is 7.39. The first kappa shape index (κ1) is 22.0. The van der Waals surface area contributed by atoms with Crippen LogP contribution in [0.2, 0.25) is 0 Å². The Kier molecular flexibility index (Phi) is 7.10. The van der Waals surface area contributed by atoms with Crippen molar-refractivity contribution in [2.45, 2.75) is 23.8 Å². The third-order valence-electron chi connectivity index (χ3n) is 5.04. The number of sulfonamides is 1. The number of rotatable bonds is 7. The molecule has 1 heterocycles. The number of amides is 1. The lowest BCUT2D eigenvalue weighted by atomic mass is 9.92. The van der Waals surface area contributed by atoms with Crippen LogP contribution in [0.5, 0.6) is 0 Å². The third kappa shape index (κ3) is 5.25. The highest BCUT2D eigenvalue weighted by Crippen LogP contribution is 2.36. The van der Waals surface area contributed by atoms with Crippen molar-refractivity contribution >= 4 is 31.9 Å². The van der Waals surface area contributed by atoms with E-state index in [0.29, 0.717) is 19.5 Å². The Balaban J connectivity index is 1.89. The smallest absolute Gasteiger partial charge is 0.243 e. The number of likely N-dealkylation sites (N-methyl/N-ethyl adjacent to an activating group) is 1. The van der Waals surface area contributed by atoms with Crippen molar-refractivity contribution in [2.75, 3.05) is 33.7 Å². The average molecular weight is 480 g/mol. The Morgan fingerprint density at radius 1 is 1.17 bits per heavy atom. The Morgan fingerprint density at radius 3 is 2.55 bits per heavy atom. The fraction of sp³-hybridized carbons (Fsp3) is 0.381. The van der Waals surface area contributed by atoms with E-state index in [0.717, 1.165) is 22.1 Å². The van der Waals surface area contributed by atoms with Gasteiger partial charge in [0.25, 0.3) is 0 Å². The van der Waals surface area contributed by atoms with Gasteiger partial charge < -0.3 is 10.2 Å². The maximum absolute atomic E-state index is 13.4. The van der Waals surface area contributed by atoms with Crippen LogP contribution in [-0.2, 0) is 21.2 Å². The van der Waals surface area contributed by atoms with Gasteiger partial charge in [0, 0.05) is 30.5 Å². The fourth-order valence-corrected chi connectivity index (χ4v) is 5.41. The van der Waals surface area contributed by atoms with E-state index in [-0.39, 0.29) is 17.2 Å². The highest BCUT2D eigenvalue weighted by atomic mass is 79.9. The van der Waals surface area contributed by atoms with Crippen LogP contribution in [0.1, 0.15) is 23.6 Å². The largest absolute Gasteiger partial charge is 0.355 e. The molecule has 0 aromatic heterocycles. The summed E-state index contributed by atoms with van der Waals surface area (Å²) in [6, 6.07) is 13.9. The minimum atomic E-state index is -3.73. The van der Waals surface area contributed by atoms with E-state index in [4.69, 9.17) is 0 Å². The van der Waals surface area contributed by atoms with Crippen LogP contribution in [-0.4, -0.2) is 57.3 Å². The number of hydrogen-bond donors (Lipinski definition) is 1. The van der Waals surface area contributed by atoms with Gasteiger partial charge in [-0.2, -0.15) is 4.31 Å². The average Bonchev–Trinajstić information content (AvgIpc) is 2.68. The zero-order valence-electron chi connectivity index (χ0n) is 16.6. The number of nitrogens with zero attached hydrogens (tertiary/aromatic N) is 2. The molecular formula is C21H26BrN3O3S. The Labute approximate surface area is 181 Å². The summed E-state index contributed by atoms with van der Waals surface area (Å²) >= 11 is 3.34. The molecule has 2 aromatic carbocycles. The van der Waals surface area contributed by atoms with Crippen LogP contribution < -0.4 is 5.32 Å². The van der Waals surface area contributed by atoms with Crippen LogP contribution in [0.15, 0.2) is 57.9 Å². The number of carbonyl (C=O) groups excluding carboxylic acids is 1. The molecule has 2 aromatic rings. The van der Waals surface area contributed by atoms with Crippen LogP contribution >= 0.6 is 15.9 Å². The van der Waals surface area contributed by atoms with Gasteiger partial charge in [0.2, 0.25) is 15.9 Å². The van der Waals surface area contributed by atoms with Crippen molar-refractivity contribution in [1.82, 2.24) is 14.5 Å². The second kappa shape index (κ2) is 9.38. The molecule has 156 valence electrons. The van der Waals surface area contributed by atoms with Gasteiger partial charge >= 0.3 is 0 Å². The van der Waals surface area contributed by atoms with Crippen molar-refractivity contribution in [3.63, 3.8) is 0 Å². The first-order chi connectivity index (χ1) is 13.8. The number of carbonyl (C=O) groups is 1. The molecule has 0 aliphatic carbocycles.